The SMILES string of the molecule is CCCCCCCCCCCCC#CC1=C(c2cccc(CCCCCC)c2)[N+](=[N-])C(c2cccc(CCCCCC)c2)=C1. The minimum atomic E-state index is 0.819. The maximum Gasteiger partial charge on any atom is 0.223 e. The molecule has 1 aliphatic heterocycles. The van der Waals surface area contributed by atoms with Crippen LogP contribution in [-0.4, -0.2) is 4.70 Å². The molecule has 0 saturated carbocycles. The van der Waals surface area contributed by atoms with Crippen molar-refractivity contribution in [3.8, 4) is 11.8 Å². The molecule has 0 spiro atoms. The van der Waals surface area contributed by atoms with Gasteiger partial charge in [-0.3, -0.25) is 0 Å². The summed E-state index contributed by atoms with van der Waals surface area (Å²) in [5.41, 5.74) is 19.0. The van der Waals surface area contributed by atoms with Crippen LogP contribution in [0.3, 0.4) is 0 Å². The van der Waals surface area contributed by atoms with Crippen LogP contribution in [0.25, 0.3) is 16.9 Å². The first-order valence-corrected chi connectivity index (χ1v) is 18.3. The molecule has 0 fully saturated rings. The largest absolute Gasteiger partial charge is 0.493 e. The van der Waals surface area contributed by atoms with Crippen molar-refractivity contribution in [1.82, 2.24) is 0 Å². The zero-order valence-corrected chi connectivity index (χ0v) is 28.4. The van der Waals surface area contributed by atoms with Crippen molar-refractivity contribution in [2.45, 2.75) is 156 Å². The molecule has 2 aromatic carbocycles. The van der Waals surface area contributed by atoms with E-state index in [2.05, 4.69) is 87.2 Å². The van der Waals surface area contributed by atoms with Crippen molar-refractivity contribution in [3.63, 3.8) is 0 Å². The summed E-state index contributed by atoms with van der Waals surface area (Å²) < 4.78 is 1.40. The Bertz CT molecular complexity index is 1250. The Hall–Kier alpha value is -2.92. The lowest BCUT2D eigenvalue weighted by Gasteiger charge is -2.11. The van der Waals surface area contributed by atoms with Gasteiger partial charge < -0.3 is 5.53 Å². The van der Waals surface area contributed by atoms with Crippen molar-refractivity contribution < 1.29 is 4.70 Å². The first-order chi connectivity index (χ1) is 21.7. The number of rotatable bonds is 22. The van der Waals surface area contributed by atoms with Gasteiger partial charge in [0.25, 0.3) is 0 Å². The molecule has 2 nitrogen and oxygen atoms in total. The van der Waals surface area contributed by atoms with Crippen LogP contribution in [0.15, 0.2) is 60.2 Å². The van der Waals surface area contributed by atoms with Gasteiger partial charge in [0.1, 0.15) is 5.57 Å². The molecule has 0 saturated heterocycles. The Morgan fingerprint density at radius 1 is 0.568 bits per heavy atom. The van der Waals surface area contributed by atoms with E-state index in [9.17, 15) is 5.53 Å². The fourth-order valence-electron chi connectivity index (χ4n) is 6.21. The van der Waals surface area contributed by atoms with E-state index in [1.165, 1.54) is 125 Å². The normalized spacial score (nSPS) is 12.9. The second-order valence-electron chi connectivity index (χ2n) is 12.9. The second kappa shape index (κ2) is 21.7. The van der Waals surface area contributed by atoms with E-state index < -0.39 is 0 Å². The molecule has 1 heterocycles. The molecule has 3 rings (SSSR count). The van der Waals surface area contributed by atoms with Gasteiger partial charge in [-0.05, 0) is 67.5 Å². The van der Waals surface area contributed by atoms with Gasteiger partial charge in [-0.15, -0.1) is 0 Å². The number of allylic oxidation sites excluding steroid dienone is 2. The number of unbranched alkanes of at least 4 members (excludes halogenated alkanes) is 16. The molecular formula is C42H60N2. The number of hydrogen-bond acceptors (Lipinski definition) is 0. The summed E-state index contributed by atoms with van der Waals surface area (Å²) in [6.07, 6.45) is 28.6. The van der Waals surface area contributed by atoms with E-state index >= 15 is 0 Å². The predicted molar refractivity (Wildman–Crippen MR) is 191 cm³/mol. The van der Waals surface area contributed by atoms with Crippen molar-refractivity contribution in [3.05, 3.63) is 88.0 Å². The lowest BCUT2D eigenvalue weighted by atomic mass is 10.0. The third kappa shape index (κ3) is 12.6. The van der Waals surface area contributed by atoms with E-state index in [0.29, 0.717) is 0 Å². The maximum absolute atomic E-state index is 11.6. The fourth-order valence-corrected chi connectivity index (χ4v) is 6.21. The van der Waals surface area contributed by atoms with Gasteiger partial charge in [-0.25, -0.2) is 4.70 Å². The summed E-state index contributed by atoms with van der Waals surface area (Å²) in [6, 6.07) is 17.5. The molecule has 0 bridgehead atoms. The lowest BCUT2D eigenvalue weighted by Crippen LogP contribution is -2.03. The minimum absolute atomic E-state index is 0.819. The summed E-state index contributed by atoms with van der Waals surface area (Å²) in [4.78, 5) is 0. The van der Waals surface area contributed by atoms with Gasteiger partial charge in [-0.2, -0.15) is 0 Å². The number of aryl methyl sites for hydroxylation is 2. The zero-order chi connectivity index (χ0) is 31.2. The van der Waals surface area contributed by atoms with Crippen molar-refractivity contribution in [1.29, 1.82) is 0 Å². The Morgan fingerprint density at radius 2 is 1.05 bits per heavy atom. The van der Waals surface area contributed by atoms with Crippen LogP contribution in [0.1, 0.15) is 165 Å². The molecule has 0 aliphatic carbocycles. The van der Waals surface area contributed by atoms with Gasteiger partial charge in [0.2, 0.25) is 11.4 Å². The molecule has 0 radical (unpaired) electrons. The number of nitrogens with zero attached hydrogens (tertiary/aromatic N) is 2. The molecule has 0 aromatic heterocycles. The number of benzene rings is 2. The monoisotopic (exact) mass is 592 g/mol. The molecule has 1 aliphatic rings. The van der Waals surface area contributed by atoms with E-state index in [1.54, 1.807) is 0 Å². The molecule has 2 heteroatoms. The van der Waals surface area contributed by atoms with Gasteiger partial charge >= 0.3 is 0 Å². The summed E-state index contributed by atoms with van der Waals surface area (Å²) in [5.74, 6) is 6.95. The average Bonchev–Trinajstić information content (AvgIpc) is 3.38. The fraction of sp³-hybridized carbons (Fsp3) is 0.571. The first-order valence-electron chi connectivity index (χ1n) is 18.3. The Morgan fingerprint density at radius 3 is 1.61 bits per heavy atom. The van der Waals surface area contributed by atoms with E-state index in [4.69, 9.17) is 0 Å². The molecule has 44 heavy (non-hydrogen) atoms. The molecule has 0 amide bonds. The van der Waals surface area contributed by atoms with Crippen molar-refractivity contribution in [2.24, 2.45) is 0 Å². The van der Waals surface area contributed by atoms with Crippen LogP contribution in [-0.2, 0) is 12.8 Å². The topological polar surface area (TPSA) is 25.3 Å². The van der Waals surface area contributed by atoms with Gasteiger partial charge in [0.15, 0.2) is 0 Å². The van der Waals surface area contributed by atoms with E-state index in [-0.39, 0.29) is 0 Å². The smallest absolute Gasteiger partial charge is 0.223 e. The van der Waals surface area contributed by atoms with Crippen molar-refractivity contribution >= 4 is 11.4 Å². The zero-order valence-electron chi connectivity index (χ0n) is 28.4. The van der Waals surface area contributed by atoms with Gasteiger partial charge in [0, 0.05) is 23.6 Å². The van der Waals surface area contributed by atoms with E-state index in [0.717, 1.165) is 53.8 Å². The lowest BCUT2D eigenvalue weighted by molar-refractivity contribution is -0.344. The van der Waals surface area contributed by atoms with Crippen molar-refractivity contribution in [2.75, 3.05) is 0 Å². The van der Waals surface area contributed by atoms with E-state index in [1.807, 2.05) is 0 Å². The van der Waals surface area contributed by atoms with Gasteiger partial charge in [-0.1, -0.05) is 153 Å². The minimum Gasteiger partial charge on any atom is -0.493 e. The summed E-state index contributed by atoms with van der Waals surface area (Å²) >= 11 is 0. The quantitative estimate of drug-likeness (QED) is 0.0738. The summed E-state index contributed by atoms with van der Waals surface area (Å²) in [7, 11) is 0. The standard InChI is InChI=1S/C42H60N2/c1-4-7-10-13-14-15-16-17-18-19-20-23-30-40-35-41(38-31-24-28-36(33-38)26-21-11-8-5-2)44(43)42(40)39-32-25-29-37(34-39)27-22-12-9-6-3/h24-25,28-29,31-35H,4-22,26-27H2,1-3H3. The summed E-state index contributed by atoms with van der Waals surface area (Å²) in [6.45, 7) is 6.80. The van der Waals surface area contributed by atoms with Crippen LogP contribution in [0.2, 0.25) is 0 Å². The molecule has 0 N–H and O–H groups in total. The average molecular weight is 593 g/mol. The predicted octanol–water partition coefficient (Wildman–Crippen LogP) is 13.0. The third-order valence-corrected chi connectivity index (χ3v) is 8.92. The van der Waals surface area contributed by atoms with Crippen LogP contribution in [0.4, 0.5) is 0 Å². The molecule has 238 valence electrons. The molecule has 0 unspecified atom stereocenters. The Labute approximate surface area is 270 Å². The molecular weight excluding hydrogens is 532 g/mol. The van der Waals surface area contributed by atoms with Crippen LogP contribution >= 0.6 is 0 Å². The highest BCUT2D eigenvalue weighted by Crippen LogP contribution is 2.36. The maximum atomic E-state index is 11.6. The first kappa shape index (κ1) is 35.6. The van der Waals surface area contributed by atoms with Crippen LogP contribution in [0, 0.1) is 11.8 Å². The Balaban J connectivity index is 1.70. The molecule has 0 atom stereocenters. The summed E-state index contributed by atoms with van der Waals surface area (Å²) in [5, 5.41) is 0. The second-order valence-corrected chi connectivity index (χ2v) is 12.9. The highest BCUT2D eigenvalue weighted by Gasteiger charge is 2.28. The highest BCUT2D eigenvalue weighted by molar-refractivity contribution is 5.82. The highest BCUT2D eigenvalue weighted by atomic mass is 15.2. The number of hydrogen-bond donors (Lipinski definition) is 0. The molecule has 2 aromatic rings. The Kier molecular flexibility index (Phi) is 17.6. The van der Waals surface area contributed by atoms with Gasteiger partial charge in [0.05, 0.1) is 0 Å². The third-order valence-electron chi connectivity index (χ3n) is 8.92. The van der Waals surface area contributed by atoms with Crippen LogP contribution < -0.4 is 0 Å². The van der Waals surface area contributed by atoms with Crippen LogP contribution in [0.5, 0.6) is 0 Å².